The number of hydrogen-bond acceptors (Lipinski definition) is 1. The van der Waals surface area contributed by atoms with Gasteiger partial charge in [0.2, 0.25) is 0 Å². The molecule has 0 aromatic heterocycles. The number of rotatable bonds is 0. The number of fused-ring (bicyclic) bond motifs is 1. The van der Waals surface area contributed by atoms with Crippen LogP contribution in [0.3, 0.4) is 0 Å². The Morgan fingerprint density at radius 3 is 2.12 bits per heavy atom. The van der Waals surface area contributed by atoms with E-state index in [9.17, 15) is 0 Å². The Hall–Kier alpha value is -0.0938. The van der Waals surface area contributed by atoms with Gasteiger partial charge in [-0.15, -0.1) is 0 Å². The van der Waals surface area contributed by atoms with Crippen molar-refractivity contribution in [1.82, 2.24) is 0 Å². The van der Waals surface area contributed by atoms with E-state index in [1.54, 1.807) is 0 Å². The second kappa shape index (κ2) is 8.09. The van der Waals surface area contributed by atoms with E-state index in [1.807, 2.05) is 12.1 Å². The van der Waals surface area contributed by atoms with Gasteiger partial charge < -0.3 is 4.74 Å². The van der Waals surface area contributed by atoms with Crippen molar-refractivity contribution in [1.29, 1.82) is 0 Å². The lowest BCUT2D eigenvalue weighted by Crippen LogP contribution is -1.74. The molecule has 1 aliphatic rings. The van der Waals surface area contributed by atoms with Crippen LogP contribution in [0.5, 0.6) is 0 Å². The normalized spacial score (nSPS) is 13.7. The number of hydrogen-bond donors (Lipinski definition) is 0. The van der Waals surface area contributed by atoms with E-state index >= 15 is 0 Å². The minimum Gasteiger partial charge on any atom is -0.381 e. The first kappa shape index (κ1) is 15.0. The Labute approximate surface area is 127 Å². The molecule has 88 valence electrons. The zero-order chi connectivity index (χ0) is 11.2. The van der Waals surface area contributed by atoms with Crippen LogP contribution >= 0.6 is 15.9 Å². The maximum absolute atomic E-state index is 4.94. The molecular weight excluding hydrogens is 288 g/mol. The Balaban J connectivity index is 0.000000205. The number of ether oxygens (including phenoxy) is 1. The molecule has 1 saturated heterocycles. The van der Waals surface area contributed by atoms with Gasteiger partial charge in [0.15, 0.2) is 0 Å². The van der Waals surface area contributed by atoms with E-state index in [0.29, 0.717) is 0 Å². The molecule has 1 heterocycles. The molecule has 0 saturated carbocycles. The molecule has 1 nitrogen and oxygen atoms in total. The molecule has 3 rings (SSSR count). The molecule has 3 heteroatoms. The molecule has 1 fully saturated rings. The second-order valence-corrected chi connectivity index (χ2v) is 4.63. The second-order valence-electron chi connectivity index (χ2n) is 3.78. The van der Waals surface area contributed by atoms with Crippen molar-refractivity contribution < 1.29 is 4.74 Å². The van der Waals surface area contributed by atoms with Gasteiger partial charge in [-0.05, 0) is 29.7 Å². The summed E-state index contributed by atoms with van der Waals surface area (Å²) in [5.41, 5.74) is 0. The fourth-order valence-electron chi connectivity index (χ4n) is 1.70. The Morgan fingerprint density at radius 1 is 0.882 bits per heavy atom. The SMILES string of the molecule is Brc1cccc2ccccc12.C1CCOC1.[MgH2]. The van der Waals surface area contributed by atoms with E-state index in [-0.39, 0.29) is 23.1 Å². The van der Waals surface area contributed by atoms with Gasteiger partial charge in [0.25, 0.3) is 0 Å². The summed E-state index contributed by atoms with van der Waals surface area (Å²) in [4.78, 5) is 0. The summed E-state index contributed by atoms with van der Waals surface area (Å²) in [5.74, 6) is 0. The fraction of sp³-hybridized carbons (Fsp3) is 0.286. The van der Waals surface area contributed by atoms with Crippen LogP contribution in [0.15, 0.2) is 46.9 Å². The largest absolute Gasteiger partial charge is 0.381 e. The molecule has 0 amide bonds. The van der Waals surface area contributed by atoms with Crippen LogP contribution in [0.4, 0.5) is 0 Å². The first-order valence-corrected chi connectivity index (χ1v) is 6.38. The third-order valence-corrected chi connectivity index (χ3v) is 3.26. The predicted molar refractivity (Wildman–Crippen MR) is 80.2 cm³/mol. The lowest BCUT2D eigenvalue weighted by Gasteiger charge is -1.97. The van der Waals surface area contributed by atoms with E-state index in [0.717, 1.165) is 17.7 Å². The Morgan fingerprint density at radius 2 is 1.53 bits per heavy atom. The summed E-state index contributed by atoms with van der Waals surface area (Å²) < 4.78 is 6.11. The minimum absolute atomic E-state index is 0. The first-order valence-electron chi connectivity index (χ1n) is 5.59. The molecule has 0 radical (unpaired) electrons. The van der Waals surface area contributed by atoms with Gasteiger partial charge >= 0.3 is 23.1 Å². The molecule has 0 spiro atoms. The summed E-state index contributed by atoms with van der Waals surface area (Å²) in [6.45, 7) is 2.00. The van der Waals surface area contributed by atoms with Gasteiger partial charge in [-0.25, -0.2) is 0 Å². The van der Waals surface area contributed by atoms with Crippen molar-refractivity contribution >= 4 is 49.8 Å². The zero-order valence-corrected chi connectivity index (χ0v) is 10.7. The van der Waals surface area contributed by atoms with Crippen molar-refractivity contribution in [2.24, 2.45) is 0 Å². The van der Waals surface area contributed by atoms with Gasteiger partial charge in [-0.1, -0.05) is 52.3 Å². The van der Waals surface area contributed by atoms with Gasteiger partial charge in [0.1, 0.15) is 0 Å². The predicted octanol–water partition coefficient (Wildman–Crippen LogP) is 3.48. The van der Waals surface area contributed by atoms with Crippen LogP contribution in [0.2, 0.25) is 0 Å². The summed E-state index contributed by atoms with van der Waals surface area (Å²) in [6.07, 6.45) is 2.56. The van der Waals surface area contributed by atoms with Crippen LogP contribution in [-0.4, -0.2) is 36.3 Å². The van der Waals surface area contributed by atoms with Crippen LogP contribution < -0.4 is 0 Å². The van der Waals surface area contributed by atoms with Crippen LogP contribution in [-0.2, 0) is 4.74 Å². The summed E-state index contributed by atoms with van der Waals surface area (Å²) in [7, 11) is 0. The topological polar surface area (TPSA) is 9.23 Å². The van der Waals surface area contributed by atoms with Crippen molar-refractivity contribution in [3.63, 3.8) is 0 Å². The molecule has 0 bridgehead atoms. The van der Waals surface area contributed by atoms with E-state index in [4.69, 9.17) is 4.74 Å². The third kappa shape index (κ3) is 4.58. The molecule has 0 unspecified atom stereocenters. The average Bonchev–Trinajstić information content (AvgIpc) is 2.88. The number of halogens is 1. The van der Waals surface area contributed by atoms with Crippen molar-refractivity contribution in [2.45, 2.75) is 12.8 Å². The van der Waals surface area contributed by atoms with Crippen LogP contribution in [0.1, 0.15) is 12.8 Å². The lowest BCUT2D eigenvalue weighted by atomic mass is 10.1. The minimum atomic E-state index is 0. The number of benzene rings is 2. The smallest absolute Gasteiger partial charge is 0.316 e. The Bertz CT molecular complexity index is 442. The maximum atomic E-state index is 4.94. The molecule has 0 atom stereocenters. The van der Waals surface area contributed by atoms with Gasteiger partial charge in [-0.3, -0.25) is 0 Å². The highest BCUT2D eigenvalue weighted by atomic mass is 79.9. The summed E-state index contributed by atoms with van der Waals surface area (Å²) >= 11 is 3.50. The third-order valence-electron chi connectivity index (χ3n) is 2.56. The molecule has 2 aromatic carbocycles. The van der Waals surface area contributed by atoms with Crippen molar-refractivity contribution in [3.8, 4) is 0 Å². The summed E-state index contributed by atoms with van der Waals surface area (Å²) in [6, 6.07) is 14.5. The highest BCUT2D eigenvalue weighted by Gasteiger charge is 1.95. The standard InChI is InChI=1S/C10H7Br.C4H8O.Mg.2H/c11-10-7-3-5-8-4-1-2-6-9(8)10;1-2-4-5-3-1;;;/h1-7H;1-4H2;;;. The molecule has 0 N–H and O–H groups in total. The van der Waals surface area contributed by atoms with Crippen LogP contribution in [0.25, 0.3) is 10.8 Å². The van der Waals surface area contributed by atoms with Crippen LogP contribution in [0, 0.1) is 0 Å². The molecule has 0 aliphatic carbocycles. The maximum Gasteiger partial charge on any atom is 0.316 e. The Kier molecular flexibility index (Phi) is 7.12. The average molecular weight is 305 g/mol. The fourth-order valence-corrected chi connectivity index (χ4v) is 2.21. The highest BCUT2D eigenvalue weighted by Crippen LogP contribution is 2.22. The molecule has 2 aromatic rings. The summed E-state index contributed by atoms with van der Waals surface area (Å²) in [5, 5.41) is 2.55. The van der Waals surface area contributed by atoms with Gasteiger partial charge in [0.05, 0.1) is 0 Å². The highest BCUT2D eigenvalue weighted by molar-refractivity contribution is 9.10. The van der Waals surface area contributed by atoms with E-state index in [1.165, 1.54) is 23.6 Å². The molecule has 1 aliphatic heterocycles. The first-order chi connectivity index (χ1) is 7.88. The zero-order valence-electron chi connectivity index (χ0n) is 9.16. The monoisotopic (exact) mass is 304 g/mol. The van der Waals surface area contributed by atoms with Gasteiger partial charge in [-0.2, -0.15) is 0 Å². The molecule has 17 heavy (non-hydrogen) atoms. The van der Waals surface area contributed by atoms with E-state index in [2.05, 4.69) is 46.3 Å². The van der Waals surface area contributed by atoms with E-state index < -0.39 is 0 Å². The molecular formula is C14H17BrMgO. The quantitative estimate of drug-likeness (QED) is 0.677. The van der Waals surface area contributed by atoms with Crippen molar-refractivity contribution in [3.05, 3.63) is 46.9 Å². The lowest BCUT2D eigenvalue weighted by molar-refractivity contribution is 0.198. The van der Waals surface area contributed by atoms with Crippen molar-refractivity contribution in [2.75, 3.05) is 13.2 Å². The van der Waals surface area contributed by atoms with Gasteiger partial charge in [0, 0.05) is 17.7 Å².